The third-order valence-electron chi connectivity index (χ3n) is 1.09. The Hall–Kier alpha value is -1.39. The van der Waals surface area contributed by atoms with Crippen LogP contribution in [0.1, 0.15) is 13.8 Å². The number of nitrogens with zero attached hydrogens (tertiary/aromatic N) is 2. The zero-order valence-electron chi connectivity index (χ0n) is 7.62. The lowest BCUT2D eigenvalue weighted by Crippen LogP contribution is -2.19. The third-order valence-corrected chi connectivity index (χ3v) is 1.09. The van der Waals surface area contributed by atoms with E-state index in [1.807, 2.05) is 0 Å². The van der Waals surface area contributed by atoms with Crippen LogP contribution in [0.4, 0.5) is 0 Å². The molecule has 0 heterocycles. The quantitative estimate of drug-likeness (QED) is 0.461. The lowest BCUT2D eigenvalue weighted by molar-refractivity contribution is -0.111. The minimum absolute atomic E-state index is 0.166. The van der Waals surface area contributed by atoms with Gasteiger partial charge in [0.15, 0.2) is 11.5 Å². The fourth-order valence-corrected chi connectivity index (χ4v) is 0.657. The second kappa shape index (κ2) is 5.29. The number of rotatable bonds is 4. The van der Waals surface area contributed by atoms with E-state index in [1.54, 1.807) is 6.92 Å². The Morgan fingerprint density at radius 2 is 1.58 bits per heavy atom. The van der Waals surface area contributed by atoms with Gasteiger partial charge in [-0.25, -0.2) is 0 Å². The Morgan fingerprint density at radius 1 is 1.08 bits per heavy atom. The van der Waals surface area contributed by atoms with Gasteiger partial charge in [-0.3, -0.25) is 4.79 Å². The van der Waals surface area contributed by atoms with Gasteiger partial charge in [0, 0.05) is 6.92 Å². The molecule has 12 heavy (non-hydrogen) atoms. The second-order valence-corrected chi connectivity index (χ2v) is 2.04. The Labute approximate surface area is 71.0 Å². The molecule has 0 saturated heterocycles. The minimum Gasteiger partial charge on any atom is -0.399 e. The summed E-state index contributed by atoms with van der Waals surface area (Å²) in [5, 5.41) is 7.05. The highest BCUT2D eigenvalue weighted by Gasteiger charge is 2.10. The molecule has 0 rings (SSSR count). The number of hydrogen-bond donors (Lipinski definition) is 0. The molecule has 0 atom stereocenters. The van der Waals surface area contributed by atoms with Crippen molar-refractivity contribution in [3.63, 3.8) is 0 Å². The van der Waals surface area contributed by atoms with Crippen molar-refractivity contribution >= 4 is 17.2 Å². The maximum Gasteiger partial charge on any atom is 0.183 e. The molecule has 0 N–H and O–H groups in total. The minimum atomic E-state index is -0.213. The molecule has 0 radical (unpaired) electrons. The predicted octanol–water partition coefficient (Wildman–Crippen LogP) is 0.600. The van der Waals surface area contributed by atoms with Crippen molar-refractivity contribution in [1.29, 1.82) is 0 Å². The Morgan fingerprint density at radius 3 is 1.92 bits per heavy atom. The largest absolute Gasteiger partial charge is 0.399 e. The summed E-state index contributed by atoms with van der Waals surface area (Å²) in [4.78, 5) is 19.8. The highest BCUT2D eigenvalue weighted by Crippen LogP contribution is 1.89. The summed E-state index contributed by atoms with van der Waals surface area (Å²) >= 11 is 0. The van der Waals surface area contributed by atoms with Gasteiger partial charge in [-0.05, 0) is 6.92 Å². The molecule has 5 nitrogen and oxygen atoms in total. The van der Waals surface area contributed by atoms with Crippen LogP contribution in [0.25, 0.3) is 0 Å². The lowest BCUT2D eigenvalue weighted by atomic mass is 10.2. The third kappa shape index (κ3) is 3.14. The first-order valence-corrected chi connectivity index (χ1v) is 3.33. The average Bonchev–Trinajstić information content (AvgIpc) is 1.99. The number of carbonyl (C=O) groups is 1. The smallest absolute Gasteiger partial charge is 0.183 e. The van der Waals surface area contributed by atoms with Crippen LogP contribution in [0.3, 0.4) is 0 Å². The van der Waals surface area contributed by atoms with Gasteiger partial charge in [0.25, 0.3) is 0 Å². The number of hydrogen-bond acceptors (Lipinski definition) is 5. The van der Waals surface area contributed by atoms with E-state index in [2.05, 4.69) is 20.0 Å². The average molecular weight is 172 g/mol. The highest BCUT2D eigenvalue weighted by molar-refractivity contribution is 6.66. The summed E-state index contributed by atoms with van der Waals surface area (Å²) in [7, 11) is 2.76. The van der Waals surface area contributed by atoms with E-state index in [9.17, 15) is 4.79 Å². The summed E-state index contributed by atoms with van der Waals surface area (Å²) in [5.74, 6) is -0.213. The zero-order chi connectivity index (χ0) is 9.56. The number of ketones is 1. The zero-order valence-corrected chi connectivity index (χ0v) is 7.62. The fraction of sp³-hybridized carbons (Fsp3) is 0.571. The van der Waals surface area contributed by atoms with E-state index >= 15 is 0 Å². The van der Waals surface area contributed by atoms with Crippen LogP contribution >= 0.6 is 0 Å². The summed E-state index contributed by atoms with van der Waals surface area (Å²) < 4.78 is 0. The molecule has 0 aromatic carbocycles. The van der Waals surface area contributed by atoms with Gasteiger partial charge >= 0.3 is 0 Å². The van der Waals surface area contributed by atoms with Crippen LogP contribution in [0.15, 0.2) is 10.3 Å². The lowest BCUT2D eigenvalue weighted by Gasteiger charge is -1.98. The van der Waals surface area contributed by atoms with E-state index in [1.165, 1.54) is 21.1 Å². The molecule has 0 aromatic rings. The van der Waals surface area contributed by atoms with Crippen LogP contribution in [0.5, 0.6) is 0 Å². The first-order valence-electron chi connectivity index (χ1n) is 3.33. The summed E-state index contributed by atoms with van der Waals surface area (Å²) in [6, 6.07) is 0. The molecule has 0 aliphatic carbocycles. The molecule has 0 aromatic heterocycles. The van der Waals surface area contributed by atoms with Crippen LogP contribution in [-0.2, 0) is 14.5 Å². The van der Waals surface area contributed by atoms with Crippen LogP contribution in [0.2, 0.25) is 0 Å². The van der Waals surface area contributed by atoms with Gasteiger partial charge in [-0.1, -0.05) is 10.3 Å². The molecule has 0 bridgehead atoms. The van der Waals surface area contributed by atoms with Crippen molar-refractivity contribution in [1.82, 2.24) is 0 Å². The molecule has 5 heteroatoms. The molecule has 0 saturated carbocycles. The number of oxime groups is 2. The van der Waals surface area contributed by atoms with Crippen molar-refractivity contribution in [2.75, 3.05) is 14.2 Å². The number of carbonyl (C=O) groups excluding carboxylic acids is 1. The monoisotopic (exact) mass is 172 g/mol. The van der Waals surface area contributed by atoms with Crippen LogP contribution in [0, 0.1) is 0 Å². The van der Waals surface area contributed by atoms with Gasteiger partial charge in [-0.15, -0.1) is 0 Å². The SMILES string of the molecule is CO/N=C(C)/C(=N\OC)C(C)=O. The predicted molar refractivity (Wildman–Crippen MR) is 45.2 cm³/mol. The van der Waals surface area contributed by atoms with Gasteiger partial charge in [-0.2, -0.15) is 0 Å². The molecule has 0 spiro atoms. The molecule has 0 amide bonds. The van der Waals surface area contributed by atoms with Gasteiger partial charge in [0.2, 0.25) is 0 Å². The summed E-state index contributed by atoms with van der Waals surface area (Å²) in [5.41, 5.74) is 0.561. The molecular weight excluding hydrogens is 160 g/mol. The Kier molecular flexibility index (Phi) is 4.67. The molecular formula is C7H12N2O3. The summed E-state index contributed by atoms with van der Waals surface area (Å²) in [6.07, 6.45) is 0. The van der Waals surface area contributed by atoms with Crippen molar-refractivity contribution in [3.8, 4) is 0 Å². The molecule has 0 fully saturated rings. The van der Waals surface area contributed by atoms with E-state index in [4.69, 9.17) is 0 Å². The normalized spacial score (nSPS) is 12.7. The standard InChI is InChI=1S/C7H12N2O3/c1-5(8-11-3)7(6(2)10)9-12-4/h1-4H3/b8-5+,9-7+. The second-order valence-electron chi connectivity index (χ2n) is 2.04. The molecule has 0 aliphatic heterocycles. The Bertz CT molecular complexity index is 221. The maximum absolute atomic E-state index is 10.9. The van der Waals surface area contributed by atoms with Crippen molar-refractivity contribution in [2.24, 2.45) is 10.3 Å². The van der Waals surface area contributed by atoms with Gasteiger partial charge < -0.3 is 9.68 Å². The molecule has 0 unspecified atom stereocenters. The van der Waals surface area contributed by atoms with Crippen LogP contribution in [-0.4, -0.2) is 31.4 Å². The van der Waals surface area contributed by atoms with Crippen LogP contribution < -0.4 is 0 Å². The fourth-order valence-electron chi connectivity index (χ4n) is 0.657. The Balaban J connectivity index is 4.64. The van der Waals surface area contributed by atoms with Crippen molar-refractivity contribution in [3.05, 3.63) is 0 Å². The molecule has 68 valence electrons. The van der Waals surface area contributed by atoms with Crippen molar-refractivity contribution in [2.45, 2.75) is 13.8 Å². The first-order chi connectivity index (χ1) is 5.63. The van der Waals surface area contributed by atoms with Gasteiger partial charge in [0.05, 0.1) is 0 Å². The maximum atomic E-state index is 10.9. The summed E-state index contributed by atoms with van der Waals surface area (Å²) in [6.45, 7) is 3.00. The highest BCUT2D eigenvalue weighted by atomic mass is 16.6. The van der Waals surface area contributed by atoms with E-state index < -0.39 is 0 Å². The van der Waals surface area contributed by atoms with E-state index in [0.717, 1.165) is 0 Å². The van der Waals surface area contributed by atoms with E-state index in [-0.39, 0.29) is 11.5 Å². The molecule has 0 aliphatic rings. The van der Waals surface area contributed by atoms with Crippen molar-refractivity contribution < 1.29 is 14.5 Å². The number of Topliss-reactive ketones (excluding diaryl/α,β-unsaturated/α-hetero) is 1. The first kappa shape index (κ1) is 10.6. The van der Waals surface area contributed by atoms with E-state index in [0.29, 0.717) is 5.71 Å². The topological polar surface area (TPSA) is 60.3 Å². The van der Waals surface area contributed by atoms with Gasteiger partial charge in [0.1, 0.15) is 19.9 Å².